The third-order valence-corrected chi connectivity index (χ3v) is 4.45. The summed E-state index contributed by atoms with van der Waals surface area (Å²) in [6, 6.07) is 0.867. The molecule has 3 rings (SSSR count). The minimum atomic E-state index is -4.70. The van der Waals surface area contributed by atoms with Crippen molar-refractivity contribution in [2.45, 2.75) is 38.4 Å². The van der Waals surface area contributed by atoms with Gasteiger partial charge >= 0.3 is 6.18 Å². The number of rotatable bonds is 5. The van der Waals surface area contributed by atoms with Gasteiger partial charge in [-0.05, 0) is 18.9 Å². The molecule has 1 N–H and O–H groups in total. The van der Waals surface area contributed by atoms with Crippen molar-refractivity contribution in [1.82, 2.24) is 9.78 Å². The van der Waals surface area contributed by atoms with Gasteiger partial charge in [0.2, 0.25) is 11.7 Å². The van der Waals surface area contributed by atoms with Gasteiger partial charge in [-0.15, -0.1) is 0 Å². The highest BCUT2D eigenvalue weighted by Gasteiger charge is 2.38. The second-order valence-electron chi connectivity index (χ2n) is 6.74. The third kappa shape index (κ3) is 4.06. The zero-order chi connectivity index (χ0) is 21.7. The number of carbonyl (C=O) groups excluding carboxylic acids is 1. The quantitative estimate of drug-likeness (QED) is 0.425. The Kier molecular flexibility index (Phi) is 5.30. The van der Waals surface area contributed by atoms with E-state index < -0.39 is 58.5 Å². The summed E-state index contributed by atoms with van der Waals surface area (Å²) in [5.74, 6) is -13.8. The van der Waals surface area contributed by atoms with Crippen LogP contribution in [0, 0.1) is 35.0 Å². The molecule has 12 heteroatoms. The van der Waals surface area contributed by atoms with Gasteiger partial charge in [-0.1, -0.05) is 6.92 Å². The Morgan fingerprint density at radius 3 is 2.10 bits per heavy atom. The lowest BCUT2D eigenvalue weighted by Crippen LogP contribution is -2.27. The molecule has 29 heavy (non-hydrogen) atoms. The molecule has 0 aliphatic heterocycles. The standard InChI is InChI=1S/C17H13F8N3O/c1-6(5-28-8(7-2-3-7)4-9(27-28)17(23,24)25)16(29)26-15-13(21)11(19)10(18)12(20)14(15)22/h4,6-7H,2-3,5H2,1H3,(H,26,29). The number of carbonyl (C=O) groups is 1. The van der Waals surface area contributed by atoms with Crippen molar-refractivity contribution in [2.24, 2.45) is 5.92 Å². The lowest BCUT2D eigenvalue weighted by Gasteiger charge is -2.15. The minimum absolute atomic E-state index is 0.149. The summed E-state index contributed by atoms with van der Waals surface area (Å²) < 4.78 is 107. The molecule has 1 amide bonds. The van der Waals surface area contributed by atoms with Crippen LogP contribution in [0.1, 0.15) is 37.1 Å². The van der Waals surface area contributed by atoms with E-state index in [2.05, 4.69) is 5.10 Å². The van der Waals surface area contributed by atoms with Gasteiger partial charge in [-0.3, -0.25) is 9.48 Å². The number of hydrogen-bond acceptors (Lipinski definition) is 2. The van der Waals surface area contributed by atoms with Crippen molar-refractivity contribution in [3.63, 3.8) is 0 Å². The van der Waals surface area contributed by atoms with E-state index in [1.54, 1.807) is 5.32 Å². The Bertz CT molecular complexity index is 936. The lowest BCUT2D eigenvalue weighted by molar-refractivity contribution is -0.141. The number of halogens is 8. The molecule has 1 aromatic carbocycles. The van der Waals surface area contributed by atoms with E-state index in [4.69, 9.17) is 0 Å². The first-order valence-corrected chi connectivity index (χ1v) is 8.39. The number of alkyl halides is 3. The molecule has 1 atom stereocenters. The van der Waals surface area contributed by atoms with E-state index in [1.807, 2.05) is 0 Å². The van der Waals surface area contributed by atoms with Crippen LogP contribution in [0.25, 0.3) is 0 Å². The summed E-state index contributed by atoms with van der Waals surface area (Å²) in [5, 5.41) is 5.05. The van der Waals surface area contributed by atoms with Gasteiger partial charge in [-0.2, -0.15) is 18.3 Å². The molecule has 0 spiro atoms. The van der Waals surface area contributed by atoms with Crippen molar-refractivity contribution < 1.29 is 39.9 Å². The molecule has 1 fully saturated rings. The van der Waals surface area contributed by atoms with Crippen molar-refractivity contribution >= 4 is 11.6 Å². The number of benzene rings is 1. The average molecular weight is 427 g/mol. The minimum Gasteiger partial charge on any atom is -0.321 e. The number of hydrogen-bond donors (Lipinski definition) is 1. The molecular formula is C17H13F8N3O. The van der Waals surface area contributed by atoms with E-state index >= 15 is 0 Å². The van der Waals surface area contributed by atoms with Crippen LogP contribution in [0.4, 0.5) is 40.8 Å². The van der Waals surface area contributed by atoms with E-state index in [9.17, 15) is 39.9 Å². The first kappa shape index (κ1) is 21.1. The van der Waals surface area contributed by atoms with Crippen LogP contribution >= 0.6 is 0 Å². The molecule has 0 radical (unpaired) electrons. The number of aromatic nitrogens is 2. The molecular weight excluding hydrogens is 414 g/mol. The number of nitrogens with one attached hydrogen (secondary N) is 1. The zero-order valence-corrected chi connectivity index (χ0v) is 14.7. The van der Waals surface area contributed by atoms with Crippen LogP contribution in [-0.2, 0) is 17.5 Å². The summed E-state index contributed by atoms with van der Waals surface area (Å²) in [6.07, 6.45) is -3.40. The molecule has 2 aromatic rings. The van der Waals surface area contributed by atoms with Gasteiger partial charge in [0.25, 0.3) is 0 Å². The summed E-state index contributed by atoms with van der Waals surface area (Å²) in [6.45, 7) is 0.830. The smallest absolute Gasteiger partial charge is 0.321 e. The maximum absolute atomic E-state index is 13.7. The van der Waals surface area contributed by atoms with Crippen molar-refractivity contribution in [1.29, 1.82) is 0 Å². The fourth-order valence-electron chi connectivity index (χ4n) is 2.73. The molecule has 0 saturated heterocycles. The fraction of sp³-hybridized carbons (Fsp3) is 0.412. The van der Waals surface area contributed by atoms with Crippen LogP contribution in [-0.4, -0.2) is 15.7 Å². The van der Waals surface area contributed by atoms with E-state index in [0.29, 0.717) is 12.8 Å². The SMILES string of the molecule is CC(Cn1nc(C(F)(F)F)cc1C1CC1)C(=O)Nc1c(F)c(F)c(F)c(F)c1F. The molecule has 1 saturated carbocycles. The maximum atomic E-state index is 13.7. The highest BCUT2D eigenvalue weighted by atomic mass is 19.4. The second kappa shape index (κ2) is 7.30. The van der Waals surface area contributed by atoms with Gasteiger partial charge in [-0.25, -0.2) is 22.0 Å². The zero-order valence-electron chi connectivity index (χ0n) is 14.7. The lowest BCUT2D eigenvalue weighted by atomic mass is 10.1. The maximum Gasteiger partial charge on any atom is 0.435 e. The largest absolute Gasteiger partial charge is 0.435 e. The molecule has 1 aliphatic rings. The molecule has 4 nitrogen and oxygen atoms in total. The normalized spacial score (nSPS) is 15.5. The van der Waals surface area contributed by atoms with Gasteiger partial charge in [0.15, 0.2) is 29.0 Å². The molecule has 158 valence electrons. The molecule has 1 unspecified atom stereocenters. The molecule has 1 aromatic heterocycles. The molecule has 1 aliphatic carbocycles. The topological polar surface area (TPSA) is 46.9 Å². The monoisotopic (exact) mass is 427 g/mol. The van der Waals surface area contributed by atoms with Crippen LogP contribution in [0.3, 0.4) is 0 Å². The predicted molar refractivity (Wildman–Crippen MR) is 83.2 cm³/mol. The first-order chi connectivity index (χ1) is 13.4. The number of amides is 1. The fourth-order valence-corrected chi connectivity index (χ4v) is 2.73. The Balaban J connectivity index is 1.82. The number of anilines is 1. The van der Waals surface area contributed by atoms with Crippen molar-refractivity contribution in [3.8, 4) is 0 Å². The van der Waals surface area contributed by atoms with Gasteiger partial charge in [0.05, 0.1) is 12.5 Å². The van der Waals surface area contributed by atoms with E-state index in [0.717, 1.165) is 10.7 Å². The third-order valence-electron chi connectivity index (χ3n) is 4.45. The predicted octanol–water partition coefficient (Wildman–Crippen LogP) is 4.75. The average Bonchev–Trinajstić information content (AvgIpc) is 3.40. The Morgan fingerprint density at radius 2 is 1.62 bits per heavy atom. The summed E-state index contributed by atoms with van der Waals surface area (Å²) in [7, 11) is 0. The van der Waals surface area contributed by atoms with Gasteiger partial charge in [0, 0.05) is 11.6 Å². The van der Waals surface area contributed by atoms with Crippen molar-refractivity contribution in [3.05, 3.63) is 46.5 Å². The Labute approximate surface area is 158 Å². The van der Waals surface area contributed by atoms with E-state index in [-0.39, 0.29) is 18.2 Å². The first-order valence-electron chi connectivity index (χ1n) is 8.39. The highest BCUT2D eigenvalue weighted by molar-refractivity contribution is 5.92. The highest BCUT2D eigenvalue weighted by Crippen LogP contribution is 2.42. The summed E-state index contributed by atoms with van der Waals surface area (Å²) in [4.78, 5) is 12.2. The van der Waals surface area contributed by atoms with Crippen LogP contribution in [0.2, 0.25) is 0 Å². The van der Waals surface area contributed by atoms with Crippen LogP contribution < -0.4 is 5.32 Å². The Morgan fingerprint density at radius 1 is 1.10 bits per heavy atom. The summed E-state index contributed by atoms with van der Waals surface area (Å²) >= 11 is 0. The summed E-state index contributed by atoms with van der Waals surface area (Å²) in [5.41, 5.74) is -2.42. The molecule has 0 bridgehead atoms. The van der Waals surface area contributed by atoms with Crippen LogP contribution in [0.5, 0.6) is 0 Å². The molecule has 1 heterocycles. The van der Waals surface area contributed by atoms with Crippen molar-refractivity contribution in [2.75, 3.05) is 5.32 Å². The van der Waals surface area contributed by atoms with E-state index in [1.165, 1.54) is 6.92 Å². The van der Waals surface area contributed by atoms with Gasteiger partial charge < -0.3 is 5.32 Å². The second-order valence-corrected chi connectivity index (χ2v) is 6.74. The van der Waals surface area contributed by atoms with Crippen LogP contribution in [0.15, 0.2) is 6.07 Å². The van der Waals surface area contributed by atoms with Gasteiger partial charge in [0.1, 0.15) is 5.69 Å². The Hall–Kier alpha value is -2.66. The number of nitrogens with zero attached hydrogens (tertiary/aromatic N) is 2.